The molecule has 0 fully saturated rings. The number of amides is 2. The van der Waals surface area contributed by atoms with Gasteiger partial charge in [-0.1, -0.05) is 42.5 Å². The molecule has 126 valence electrons. The molecular formula is C19H23N3O2. The molecule has 0 radical (unpaired) electrons. The summed E-state index contributed by atoms with van der Waals surface area (Å²) >= 11 is 0. The molecule has 0 atom stereocenters. The number of rotatable bonds is 8. The largest absolute Gasteiger partial charge is 0.376 e. The molecule has 0 aliphatic heterocycles. The second kappa shape index (κ2) is 9.35. The van der Waals surface area contributed by atoms with Crippen LogP contribution in [0.5, 0.6) is 0 Å². The third-order valence-corrected chi connectivity index (χ3v) is 3.65. The van der Waals surface area contributed by atoms with Crippen molar-refractivity contribution in [2.45, 2.75) is 12.8 Å². The molecular weight excluding hydrogens is 302 g/mol. The molecule has 0 heterocycles. The summed E-state index contributed by atoms with van der Waals surface area (Å²) in [5.74, 6) is -0.267. The Morgan fingerprint density at radius 3 is 2.42 bits per heavy atom. The minimum absolute atomic E-state index is 0.0882. The Morgan fingerprint density at radius 1 is 0.958 bits per heavy atom. The van der Waals surface area contributed by atoms with Gasteiger partial charge in [0.1, 0.15) is 0 Å². The fourth-order valence-electron chi connectivity index (χ4n) is 2.37. The van der Waals surface area contributed by atoms with Crippen molar-refractivity contribution in [2.75, 3.05) is 25.5 Å². The molecule has 0 saturated carbocycles. The maximum Gasteiger partial charge on any atom is 0.253 e. The Kier molecular flexibility index (Phi) is 6.83. The van der Waals surface area contributed by atoms with Crippen LogP contribution in [-0.4, -0.2) is 32.0 Å². The van der Waals surface area contributed by atoms with Crippen LogP contribution in [0.1, 0.15) is 22.3 Å². The zero-order valence-electron chi connectivity index (χ0n) is 13.8. The second-order valence-electron chi connectivity index (χ2n) is 5.42. The van der Waals surface area contributed by atoms with Gasteiger partial charge in [0, 0.05) is 19.3 Å². The molecule has 0 spiro atoms. The zero-order valence-corrected chi connectivity index (χ0v) is 13.8. The van der Waals surface area contributed by atoms with Crippen LogP contribution >= 0.6 is 0 Å². The maximum absolute atomic E-state index is 11.9. The summed E-state index contributed by atoms with van der Waals surface area (Å²) in [4.78, 5) is 23.7. The molecule has 0 aliphatic carbocycles. The summed E-state index contributed by atoms with van der Waals surface area (Å²) in [6, 6.07) is 17.3. The summed E-state index contributed by atoms with van der Waals surface area (Å²) in [6.45, 7) is 0.770. The molecule has 0 aliphatic rings. The van der Waals surface area contributed by atoms with Crippen molar-refractivity contribution in [1.82, 2.24) is 10.6 Å². The smallest absolute Gasteiger partial charge is 0.253 e. The molecule has 0 unspecified atom stereocenters. The van der Waals surface area contributed by atoms with Crippen molar-refractivity contribution >= 4 is 17.5 Å². The predicted octanol–water partition coefficient (Wildman–Crippen LogP) is 2.21. The fourth-order valence-corrected chi connectivity index (χ4v) is 2.37. The summed E-state index contributed by atoms with van der Waals surface area (Å²) in [5.41, 5.74) is 2.44. The van der Waals surface area contributed by atoms with Crippen LogP contribution in [0.3, 0.4) is 0 Å². The molecule has 2 rings (SSSR count). The number of hydrogen-bond donors (Lipinski definition) is 3. The zero-order chi connectivity index (χ0) is 17.2. The average molecular weight is 325 g/mol. The summed E-state index contributed by atoms with van der Waals surface area (Å²) < 4.78 is 0. The van der Waals surface area contributed by atoms with Crippen LogP contribution in [0.15, 0.2) is 54.6 Å². The van der Waals surface area contributed by atoms with E-state index in [4.69, 9.17) is 0 Å². The van der Waals surface area contributed by atoms with Gasteiger partial charge in [0.25, 0.3) is 5.91 Å². The Balaban J connectivity index is 1.73. The number of carbonyl (C=O) groups excluding carboxylic acids is 2. The summed E-state index contributed by atoms with van der Waals surface area (Å²) in [7, 11) is 1.58. The molecule has 0 saturated heterocycles. The van der Waals surface area contributed by atoms with Crippen molar-refractivity contribution in [2.24, 2.45) is 0 Å². The summed E-state index contributed by atoms with van der Waals surface area (Å²) in [5, 5.41) is 8.49. The van der Waals surface area contributed by atoms with E-state index in [1.807, 2.05) is 24.3 Å². The number of anilines is 1. The number of carbonyl (C=O) groups is 2. The Hall–Kier alpha value is -2.82. The number of aryl methyl sites for hydroxylation is 1. The van der Waals surface area contributed by atoms with Crippen molar-refractivity contribution in [3.8, 4) is 0 Å². The standard InChI is InChI=1S/C19H23N3O2/c1-20-19(24)16-11-5-6-12-17(16)22-14-18(23)21-13-7-10-15-8-3-2-4-9-15/h2-6,8-9,11-12,22H,7,10,13-14H2,1H3,(H,20,24)(H,21,23). The minimum Gasteiger partial charge on any atom is -0.376 e. The quantitative estimate of drug-likeness (QED) is 0.652. The highest BCUT2D eigenvalue weighted by atomic mass is 16.2. The lowest BCUT2D eigenvalue weighted by molar-refractivity contribution is -0.119. The van der Waals surface area contributed by atoms with Crippen LogP contribution in [-0.2, 0) is 11.2 Å². The maximum atomic E-state index is 11.9. The molecule has 3 N–H and O–H groups in total. The number of hydrogen-bond acceptors (Lipinski definition) is 3. The monoisotopic (exact) mass is 325 g/mol. The van der Waals surface area contributed by atoms with Gasteiger partial charge in [-0.15, -0.1) is 0 Å². The normalized spacial score (nSPS) is 10.0. The fraction of sp³-hybridized carbons (Fsp3) is 0.263. The van der Waals surface area contributed by atoms with E-state index in [0.717, 1.165) is 12.8 Å². The van der Waals surface area contributed by atoms with Crippen molar-refractivity contribution < 1.29 is 9.59 Å². The highest BCUT2D eigenvalue weighted by Gasteiger charge is 2.09. The number of para-hydroxylation sites is 1. The SMILES string of the molecule is CNC(=O)c1ccccc1NCC(=O)NCCCc1ccccc1. The minimum atomic E-state index is -0.179. The average Bonchev–Trinajstić information content (AvgIpc) is 2.64. The van der Waals surface area contributed by atoms with E-state index in [1.165, 1.54) is 5.56 Å². The molecule has 2 amide bonds. The van der Waals surface area contributed by atoms with Gasteiger partial charge in [-0.2, -0.15) is 0 Å². The number of nitrogens with one attached hydrogen (secondary N) is 3. The molecule has 2 aromatic carbocycles. The Bertz CT molecular complexity index is 671. The second-order valence-corrected chi connectivity index (χ2v) is 5.42. The first kappa shape index (κ1) is 17.5. The molecule has 5 nitrogen and oxygen atoms in total. The van der Waals surface area contributed by atoms with Crippen LogP contribution in [0.4, 0.5) is 5.69 Å². The van der Waals surface area contributed by atoms with Gasteiger partial charge in [-0.25, -0.2) is 0 Å². The van der Waals surface area contributed by atoms with Crippen LogP contribution in [0.2, 0.25) is 0 Å². The number of benzene rings is 2. The van der Waals surface area contributed by atoms with Crippen molar-refractivity contribution in [3.63, 3.8) is 0 Å². The highest BCUT2D eigenvalue weighted by Crippen LogP contribution is 2.14. The van der Waals surface area contributed by atoms with Gasteiger partial charge < -0.3 is 16.0 Å². The third kappa shape index (κ3) is 5.43. The first-order valence-corrected chi connectivity index (χ1v) is 8.06. The Labute approximate surface area is 142 Å². The third-order valence-electron chi connectivity index (χ3n) is 3.65. The van der Waals surface area contributed by atoms with E-state index >= 15 is 0 Å². The lowest BCUT2D eigenvalue weighted by Crippen LogP contribution is -2.31. The van der Waals surface area contributed by atoms with E-state index in [1.54, 1.807) is 25.2 Å². The molecule has 5 heteroatoms. The van der Waals surface area contributed by atoms with Crippen LogP contribution < -0.4 is 16.0 Å². The first-order chi connectivity index (χ1) is 11.7. The van der Waals surface area contributed by atoms with Gasteiger partial charge in [-0.3, -0.25) is 9.59 Å². The van der Waals surface area contributed by atoms with Gasteiger partial charge in [0.05, 0.1) is 12.1 Å². The van der Waals surface area contributed by atoms with Crippen molar-refractivity contribution in [1.29, 1.82) is 0 Å². The van der Waals surface area contributed by atoms with Gasteiger partial charge in [0.15, 0.2) is 0 Å². The van der Waals surface area contributed by atoms with E-state index in [0.29, 0.717) is 17.8 Å². The van der Waals surface area contributed by atoms with E-state index in [9.17, 15) is 9.59 Å². The van der Waals surface area contributed by atoms with Gasteiger partial charge >= 0.3 is 0 Å². The lowest BCUT2D eigenvalue weighted by atomic mass is 10.1. The molecule has 2 aromatic rings. The Morgan fingerprint density at radius 2 is 1.67 bits per heavy atom. The van der Waals surface area contributed by atoms with Gasteiger partial charge in [0.2, 0.25) is 5.91 Å². The predicted molar refractivity (Wildman–Crippen MR) is 96.1 cm³/mol. The van der Waals surface area contributed by atoms with Crippen LogP contribution in [0.25, 0.3) is 0 Å². The molecule has 0 aromatic heterocycles. The van der Waals surface area contributed by atoms with Crippen molar-refractivity contribution in [3.05, 3.63) is 65.7 Å². The molecule has 0 bridgehead atoms. The summed E-state index contributed by atoms with van der Waals surface area (Å²) in [6.07, 6.45) is 1.83. The highest BCUT2D eigenvalue weighted by molar-refractivity contribution is 5.99. The van der Waals surface area contributed by atoms with E-state index < -0.39 is 0 Å². The van der Waals surface area contributed by atoms with E-state index in [-0.39, 0.29) is 18.4 Å². The van der Waals surface area contributed by atoms with E-state index in [2.05, 4.69) is 28.1 Å². The first-order valence-electron chi connectivity index (χ1n) is 8.06. The van der Waals surface area contributed by atoms with Gasteiger partial charge in [-0.05, 0) is 30.5 Å². The molecule has 24 heavy (non-hydrogen) atoms. The van der Waals surface area contributed by atoms with Crippen LogP contribution in [0, 0.1) is 0 Å². The lowest BCUT2D eigenvalue weighted by Gasteiger charge is -2.11. The topological polar surface area (TPSA) is 70.2 Å².